The minimum atomic E-state index is -0.511. The summed E-state index contributed by atoms with van der Waals surface area (Å²) in [5.74, 6) is -0.0962. The first-order valence-corrected chi connectivity index (χ1v) is 5.28. The molecule has 0 aliphatic carbocycles. The van der Waals surface area contributed by atoms with Crippen LogP contribution in [0.3, 0.4) is 0 Å². The van der Waals surface area contributed by atoms with E-state index in [9.17, 15) is 4.39 Å². The molecule has 3 rings (SSSR count). The van der Waals surface area contributed by atoms with Crippen molar-refractivity contribution in [3.8, 4) is 5.13 Å². The molecule has 80 valence electrons. The fourth-order valence-electron chi connectivity index (χ4n) is 1.33. The van der Waals surface area contributed by atoms with Crippen LogP contribution in [-0.4, -0.2) is 19.7 Å². The maximum atomic E-state index is 12.9. The van der Waals surface area contributed by atoms with Gasteiger partial charge in [0.2, 0.25) is 11.1 Å². The summed E-state index contributed by atoms with van der Waals surface area (Å²) >= 11 is 1.26. The summed E-state index contributed by atoms with van der Waals surface area (Å²) in [5, 5.41) is 4.64. The summed E-state index contributed by atoms with van der Waals surface area (Å²) in [6.45, 7) is 0. The fourth-order valence-corrected chi connectivity index (χ4v) is 2.19. The van der Waals surface area contributed by atoms with Gasteiger partial charge in [-0.15, -0.1) is 5.10 Å². The summed E-state index contributed by atoms with van der Waals surface area (Å²) in [6, 6.07) is 4.54. The Morgan fingerprint density at radius 2 is 2.12 bits per heavy atom. The Morgan fingerprint density at radius 1 is 1.25 bits per heavy atom. The van der Waals surface area contributed by atoms with Crippen LogP contribution in [0.1, 0.15) is 0 Å². The SMILES string of the molecule is Nc1ccn(-c2nc3ccc([18F])nc3s2)n1. The number of aromatic nitrogens is 4. The van der Waals surface area contributed by atoms with E-state index in [0.717, 1.165) is 0 Å². The molecule has 7 heteroatoms. The number of pyridine rings is 1. The third-order valence-corrected chi connectivity index (χ3v) is 2.97. The molecule has 0 aliphatic heterocycles. The highest BCUT2D eigenvalue weighted by molar-refractivity contribution is 7.20. The topological polar surface area (TPSA) is 69.6 Å². The van der Waals surface area contributed by atoms with E-state index >= 15 is 0 Å². The molecule has 0 fully saturated rings. The molecule has 0 spiro atoms. The summed E-state index contributed by atoms with van der Waals surface area (Å²) < 4.78 is 14.4. The van der Waals surface area contributed by atoms with Crippen molar-refractivity contribution in [2.24, 2.45) is 0 Å². The number of fused-ring (bicyclic) bond motifs is 1. The van der Waals surface area contributed by atoms with Crippen molar-refractivity contribution in [3.63, 3.8) is 0 Å². The van der Waals surface area contributed by atoms with Crippen LogP contribution in [0.25, 0.3) is 15.5 Å². The average Bonchev–Trinajstić information content (AvgIpc) is 2.83. The Bertz CT molecular complexity index is 659. The first-order valence-electron chi connectivity index (χ1n) is 4.47. The molecule has 0 aromatic carbocycles. The normalized spacial score (nSPS) is 11.1. The number of hydrogen-bond donors (Lipinski definition) is 1. The Kier molecular flexibility index (Phi) is 1.87. The zero-order valence-corrected chi connectivity index (χ0v) is 8.78. The van der Waals surface area contributed by atoms with Crippen molar-refractivity contribution in [1.82, 2.24) is 19.7 Å². The lowest BCUT2D eigenvalue weighted by atomic mass is 10.4. The molecule has 0 saturated heterocycles. The second-order valence-electron chi connectivity index (χ2n) is 3.14. The van der Waals surface area contributed by atoms with E-state index in [1.165, 1.54) is 17.4 Å². The van der Waals surface area contributed by atoms with Crippen LogP contribution >= 0.6 is 11.3 Å². The number of nitrogen functional groups attached to an aromatic ring is 1. The number of nitrogens with zero attached hydrogens (tertiary/aromatic N) is 4. The van der Waals surface area contributed by atoms with Gasteiger partial charge in [-0.25, -0.2) is 14.6 Å². The van der Waals surface area contributed by atoms with Gasteiger partial charge in [-0.1, -0.05) is 11.3 Å². The van der Waals surface area contributed by atoms with Gasteiger partial charge in [0.15, 0.2) is 0 Å². The molecule has 0 radical (unpaired) electrons. The molecule has 0 amide bonds. The van der Waals surface area contributed by atoms with Crippen LogP contribution in [0.4, 0.5) is 10.2 Å². The van der Waals surface area contributed by atoms with Crippen LogP contribution in [0.5, 0.6) is 0 Å². The molecule has 0 atom stereocenters. The fraction of sp³-hybridized carbons (Fsp3) is 0. The van der Waals surface area contributed by atoms with E-state index in [0.29, 0.717) is 21.3 Å². The van der Waals surface area contributed by atoms with E-state index < -0.39 is 5.95 Å². The van der Waals surface area contributed by atoms with Crippen molar-refractivity contribution in [2.45, 2.75) is 0 Å². The van der Waals surface area contributed by atoms with Gasteiger partial charge in [-0.05, 0) is 12.1 Å². The van der Waals surface area contributed by atoms with Crippen LogP contribution < -0.4 is 5.73 Å². The van der Waals surface area contributed by atoms with Crippen molar-refractivity contribution < 1.29 is 4.39 Å². The van der Waals surface area contributed by atoms with Crippen molar-refractivity contribution in [2.75, 3.05) is 5.73 Å². The molecule has 0 saturated carbocycles. The number of anilines is 1. The second-order valence-corrected chi connectivity index (χ2v) is 4.10. The van der Waals surface area contributed by atoms with Crippen molar-refractivity contribution >= 4 is 27.5 Å². The molecule has 5 nitrogen and oxygen atoms in total. The summed E-state index contributed by atoms with van der Waals surface area (Å²) in [5.41, 5.74) is 6.15. The van der Waals surface area contributed by atoms with E-state index in [1.54, 1.807) is 23.0 Å². The minimum absolute atomic E-state index is 0.415. The Balaban J connectivity index is 2.18. The zero-order chi connectivity index (χ0) is 11.1. The highest BCUT2D eigenvalue weighted by Crippen LogP contribution is 2.22. The highest BCUT2D eigenvalue weighted by Gasteiger charge is 2.08. The quantitative estimate of drug-likeness (QED) is 0.649. The Labute approximate surface area is 93.4 Å². The third-order valence-electron chi connectivity index (χ3n) is 2.02. The van der Waals surface area contributed by atoms with Crippen molar-refractivity contribution in [3.05, 3.63) is 30.3 Å². The molecule has 0 unspecified atom stereocenters. The molecule has 3 heterocycles. The molecule has 2 N–H and O–H groups in total. The molecule has 0 bridgehead atoms. The van der Waals surface area contributed by atoms with Gasteiger partial charge in [0, 0.05) is 12.3 Å². The number of nitrogens with two attached hydrogens (primary N) is 1. The predicted octanol–water partition coefficient (Wildman–Crippen LogP) is 1.60. The molecular weight excluding hydrogens is 228 g/mol. The maximum Gasteiger partial charge on any atom is 0.214 e. The van der Waals surface area contributed by atoms with Gasteiger partial charge in [0.25, 0.3) is 0 Å². The van der Waals surface area contributed by atoms with Gasteiger partial charge in [0.1, 0.15) is 16.2 Å². The Hall–Kier alpha value is -2.02. The van der Waals surface area contributed by atoms with Crippen LogP contribution in [-0.2, 0) is 0 Å². The summed E-state index contributed by atoms with van der Waals surface area (Å²) in [4.78, 5) is 8.56. The summed E-state index contributed by atoms with van der Waals surface area (Å²) in [6.07, 6.45) is 1.70. The highest BCUT2D eigenvalue weighted by atomic mass is 32.1. The lowest BCUT2D eigenvalue weighted by molar-refractivity contribution is 0.589. The molecule has 3 aromatic rings. The summed E-state index contributed by atoms with van der Waals surface area (Å²) in [7, 11) is 0. The zero-order valence-electron chi connectivity index (χ0n) is 7.96. The number of rotatable bonds is 1. The van der Waals surface area contributed by atoms with Crippen molar-refractivity contribution in [1.29, 1.82) is 0 Å². The number of thiazole rings is 1. The predicted molar refractivity (Wildman–Crippen MR) is 58.9 cm³/mol. The van der Waals surface area contributed by atoms with Crippen LogP contribution in [0.2, 0.25) is 0 Å². The van der Waals surface area contributed by atoms with Crippen LogP contribution in [0, 0.1) is 5.95 Å². The van der Waals surface area contributed by atoms with Gasteiger partial charge in [-0.3, -0.25) is 0 Å². The standard InChI is InChI=1S/C9H6FN5S/c10-6-2-1-5-8(13-6)16-9(12-5)15-4-3-7(11)14-15/h1-4H,(H2,11,14)/i10-1. The minimum Gasteiger partial charge on any atom is -0.382 e. The number of hydrogen-bond acceptors (Lipinski definition) is 5. The van der Waals surface area contributed by atoms with Gasteiger partial charge in [0.05, 0.1) is 0 Å². The first-order chi connectivity index (χ1) is 7.72. The molecule has 3 aromatic heterocycles. The monoisotopic (exact) mass is 234 g/mol. The average molecular weight is 234 g/mol. The molecular formula is C9H6FN5S. The molecule has 16 heavy (non-hydrogen) atoms. The smallest absolute Gasteiger partial charge is 0.214 e. The lowest BCUT2D eigenvalue weighted by Gasteiger charge is -1.90. The lowest BCUT2D eigenvalue weighted by Crippen LogP contribution is -1.94. The second kappa shape index (κ2) is 3.24. The van der Waals surface area contributed by atoms with E-state index in [4.69, 9.17) is 5.73 Å². The largest absolute Gasteiger partial charge is 0.382 e. The Morgan fingerprint density at radius 3 is 2.88 bits per heavy atom. The first kappa shape index (κ1) is 9.22. The third kappa shape index (κ3) is 1.41. The van der Waals surface area contributed by atoms with Gasteiger partial charge < -0.3 is 5.73 Å². The van der Waals surface area contributed by atoms with Gasteiger partial charge in [-0.2, -0.15) is 4.39 Å². The van der Waals surface area contributed by atoms with Gasteiger partial charge >= 0.3 is 0 Å². The van der Waals surface area contributed by atoms with E-state index in [-0.39, 0.29) is 0 Å². The van der Waals surface area contributed by atoms with E-state index in [1.807, 2.05) is 0 Å². The molecule has 0 aliphatic rings. The van der Waals surface area contributed by atoms with Crippen LogP contribution in [0.15, 0.2) is 24.4 Å². The van der Waals surface area contributed by atoms with E-state index in [2.05, 4.69) is 15.1 Å². The number of halogens is 1. The maximum absolute atomic E-state index is 12.9.